The van der Waals surface area contributed by atoms with Gasteiger partial charge in [-0.2, -0.15) is 11.8 Å². The lowest BCUT2D eigenvalue weighted by atomic mass is 10.1. The van der Waals surface area contributed by atoms with Gasteiger partial charge in [0.1, 0.15) is 11.5 Å². The van der Waals surface area contributed by atoms with Gasteiger partial charge in [-0.15, -0.1) is 0 Å². The summed E-state index contributed by atoms with van der Waals surface area (Å²) in [4.78, 5) is 11.7. The van der Waals surface area contributed by atoms with Gasteiger partial charge in [0.15, 0.2) is 6.61 Å². The number of amides is 1. The molecule has 2 aromatic rings. The molecule has 0 atom stereocenters. The van der Waals surface area contributed by atoms with E-state index in [2.05, 4.69) is 5.32 Å². The third-order valence-electron chi connectivity index (χ3n) is 3.10. The van der Waals surface area contributed by atoms with Crippen molar-refractivity contribution in [1.29, 1.82) is 0 Å². The largest absolute Gasteiger partial charge is 0.483 e. The molecule has 1 aromatic carbocycles. The summed E-state index contributed by atoms with van der Waals surface area (Å²) in [7, 11) is 0. The van der Waals surface area contributed by atoms with E-state index in [0.717, 1.165) is 34.1 Å². The van der Waals surface area contributed by atoms with Gasteiger partial charge in [-0.05, 0) is 43.2 Å². The Kier molecular flexibility index (Phi) is 6.40. The maximum absolute atomic E-state index is 11.7. The Balaban J connectivity index is 1.60. The maximum atomic E-state index is 11.7. The number of rotatable bonds is 8. The van der Waals surface area contributed by atoms with E-state index in [0.29, 0.717) is 6.54 Å². The molecule has 4 nitrogen and oxygen atoms in total. The van der Waals surface area contributed by atoms with Gasteiger partial charge in [0.05, 0.1) is 12.0 Å². The molecule has 0 spiro atoms. The highest BCUT2D eigenvalue weighted by Gasteiger charge is 2.05. The molecule has 1 amide bonds. The minimum atomic E-state index is -0.0977. The highest BCUT2D eigenvalue weighted by atomic mass is 32.2. The first-order valence-corrected chi connectivity index (χ1v) is 8.37. The van der Waals surface area contributed by atoms with Crippen LogP contribution in [0.15, 0.2) is 41.0 Å². The van der Waals surface area contributed by atoms with Gasteiger partial charge in [-0.25, -0.2) is 0 Å². The van der Waals surface area contributed by atoms with E-state index < -0.39 is 0 Å². The van der Waals surface area contributed by atoms with Crippen LogP contribution < -0.4 is 10.1 Å². The van der Waals surface area contributed by atoms with Crippen LogP contribution >= 0.6 is 11.8 Å². The van der Waals surface area contributed by atoms with Gasteiger partial charge in [0.2, 0.25) is 0 Å². The summed E-state index contributed by atoms with van der Waals surface area (Å²) >= 11 is 1.72. The normalized spacial score (nSPS) is 10.5. The van der Waals surface area contributed by atoms with E-state index in [-0.39, 0.29) is 12.5 Å². The summed E-state index contributed by atoms with van der Waals surface area (Å²) in [6, 6.07) is 9.79. The molecule has 0 bridgehead atoms. The van der Waals surface area contributed by atoms with Gasteiger partial charge in [-0.1, -0.05) is 12.1 Å². The van der Waals surface area contributed by atoms with Crippen molar-refractivity contribution in [2.45, 2.75) is 19.6 Å². The van der Waals surface area contributed by atoms with Crippen LogP contribution in [0.5, 0.6) is 5.75 Å². The topological polar surface area (TPSA) is 51.5 Å². The molecule has 0 saturated carbocycles. The Bertz CT molecular complexity index is 596. The third-order valence-corrected chi connectivity index (χ3v) is 4.08. The number of ether oxygens (including phenoxy) is 1. The van der Waals surface area contributed by atoms with E-state index in [1.54, 1.807) is 18.0 Å². The number of hydrogen-bond acceptors (Lipinski definition) is 4. The number of benzene rings is 1. The first kappa shape index (κ1) is 16.5. The van der Waals surface area contributed by atoms with Gasteiger partial charge >= 0.3 is 0 Å². The molecule has 2 rings (SSSR count). The van der Waals surface area contributed by atoms with Gasteiger partial charge in [0.25, 0.3) is 5.91 Å². The van der Waals surface area contributed by atoms with Crippen LogP contribution in [0.2, 0.25) is 0 Å². The fourth-order valence-corrected chi connectivity index (χ4v) is 2.64. The van der Waals surface area contributed by atoms with Crippen LogP contribution in [0, 0.1) is 13.8 Å². The summed E-state index contributed by atoms with van der Waals surface area (Å²) in [6.07, 6.45) is 1.67. The smallest absolute Gasteiger partial charge is 0.257 e. The summed E-state index contributed by atoms with van der Waals surface area (Å²) in [5.41, 5.74) is 2.16. The summed E-state index contributed by atoms with van der Waals surface area (Å²) in [6.45, 7) is 4.65. The van der Waals surface area contributed by atoms with Crippen LogP contribution in [0.3, 0.4) is 0 Å². The molecule has 0 aliphatic rings. The predicted octanol–water partition coefficient (Wildman–Crippen LogP) is 3.32. The lowest BCUT2D eigenvalue weighted by Crippen LogP contribution is -2.30. The number of nitrogens with one attached hydrogen (secondary N) is 1. The van der Waals surface area contributed by atoms with Crippen molar-refractivity contribution in [3.05, 3.63) is 53.5 Å². The Hall–Kier alpha value is -1.88. The highest BCUT2D eigenvalue weighted by molar-refractivity contribution is 7.98. The molecule has 0 aliphatic carbocycles. The molecule has 0 unspecified atom stereocenters. The molecule has 0 fully saturated rings. The van der Waals surface area contributed by atoms with E-state index in [1.807, 2.05) is 44.2 Å². The minimum Gasteiger partial charge on any atom is -0.483 e. The number of thioether (sulfide) groups is 1. The zero-order valence-corrected chi connectivity index (χ0v) is 13.7. The first-order chi connectivity index (χ1) is 10.6. The van der Waals surface area contributed by atoms with Crippen molar-refractivity contribution in [3.63, 3.8) is 0 Å². The number of furan rings is 1. The molecule has 5 heteroatoms. The van der Waals surface area contributed by atoms with Crippen molar-refractivity contribution >= 4 is 17.7 Å². The Labute approximate surface area is 135 Å². The molecule has 22 heavy (non-hydrogen) atoms. The van der Waals surface area contributed by atoms with Gasteiger partial charge < -0.3 is 14.5 Å². The molecule has 1 heterocycles. The van der Waals surface area contributed by atoms with Crippen molar-refractivity contribution in [1.82, 2.24) is 5.32 Å². The summed E-state index contributed by atoms with van der Waals surface area (Å²) in [5, 5.41) is 2.85. The van der Waals surface area contributed by atoms with E-state index in [4.69, 9.17) is 9.15 Å². The maximum Gasteiger partial charge on any atom is 0.257 e. The Morgan fingerprint density at radius 2 is 2.18 bits per heavy atom. The molecule has 1 N–H and O–H groups in total. The first-order valence-electron chi connectivity index (χ1n) is 7.22. The van der Waals surface area contributed by atoms with E-state index in [1.165, 1.54) is 0 Å². The SMILES string of the molecule is Cc1ccc(C)c(OCC(=O)NCCSCc2ccco2)c1. The molecule has 1 aromatic heterocycles. The average Bonchev–Trinajstić information content (AvgIpc) is 3.01. The second kappa shape index (κ2) is 8.54. The molecular formula is C17H21NO3S. The Morgan fingerprint density at radius 1 is 1.32 bits per heavy atom. The van der Waals surface area contributed by atoms with Gasteiger partial charge in [0, 0.05) is 12.3 Å². The molecule has 0 aliphatic heterocycles. The van der Waals surface area contributed by atoms with Crippen LogP contribution in [-0.2, 0) is 10.5 Å². The van der Waals surface area contributed by atoms with Crippen LogP contribution in [0.25, 0.3) is 0 Å². The van der Waals surface area contributed by atoms with Crippen LogP contribution in [0.4, 0.5) is 0 Å². The zero-order valence-electron chi connectivity index (χ0n) is 12.9. The monoisotopic (exact) mass is 319 g/mol. The van der Waals surface area contributed by atoms with E-state index in [9.17, 15) is 4.79 Å². The lowest BCUT2D eigenvalue weighted by Gasteiger charge is -2.10. The second-order valence-corrected chi connectivity index (χ2v) is 6.14. The van der Waals surface area contributed by atoms with Crippen molar-refractivity contribution in [2.24, 2.45) is 0 Å². The molecule has 118 valence electrons. The van der Waals surface area contributed by atoms with Gasteiger partial charge in [-0.3, -0.25) is 4.79 Å². The second-order valence-electron chi connectivity index (χ2n) is 5.04. The predicted molar refractivity (Wildman–Crippen MR) is 89.3 cm³/mol. The van der Waals surface area contributed by atoms with E-state index >= 15 is 0 Å². The number of hydrogen-bond donors (Lipinski definition) is 1. The molecular weight excluding hydrogens is 298 g/mol. The van der Waals surface area contributed by atoms with Crippen molar-refractivity contribution < 1.29 is 13.9 Å². The summed E-state index contributed by atoms with van der Waals surface area (Å²) in [5.74, 6) is 3.29. The number of aryl methyl sites for hydroxylation is 2. The molecule has 0 saturated heterocycles. The fourth-order valence-electron chi connectivity index (χ4n) is 1.89. The Morgan fingerprint density at radius 3 is 2.95 bits per heavy atom. The zero-order chi connectivity index (χ0) is 15.8. The van der Waals surface area contributed by atoms with Crippen LogP contribution in [-0.4, -0.2) is 24.8 Å². The van der Waals surface area contributed by atoms with Crippen LogP contribution in [0.1, 0.15) is 16.9 Å². The van der Waals surface area contributed by atoms with Crippen molar-refractivity contribution in [3.8, 4) is 5.75 Å². The highest BCUT2D eigenvalue weighted by Crippen LogP contribution is 2.18. The summed E-state index contributed by atoms with van der Waals surface area (Å²) < 4.78 is 10.8. The molecule has 0 radical (unpaired) electrons. The minimum absolute atomic E-state index is 0.0488. The standard InChI is InChI=1S/C17H21NO3S/c1-13-5-6-14(2)16(10-13)21-11-17(19)18-7-9-22-12-15-4-3-8-20-15/h3-6,8,10H,7,9,11-12H2,1-2H3,(H,18,19). The quantitative estimate of drug-likeness (QED) is 0.758. The fraction of sp³-hybridized carbons (Fsp3) is 0.353. The number of carbonyl (C=O) groups excluding carboxylic acids is 1. The lowest BCUT2D eigenvalue weighted by molar-refractivity contribution is -0.122. The average molecular weight is 319 g/mol. The number of carbonyl (C=O) groups is 1. The van der Waals surface area contributed by atoms with Crippen molar-refractivity contribution in [2.75, 3.05) is 18.9 Å². The third kappa shape index (κ3) is 5.48.